The monoisotopic (exact) mass is 353 g/mol. The van der Waals surface area contributed by atoms with Gasteiger partial charge in [-0.1, -0.05) is 24.9 Å². The van der Waals surface area contributed by atoms with Crippen molar-refractivity contribution in [2.24, 2.45) is 0 Å². The summed E-state index contributed by atoms with van der Waals surface area (Å²) in [5.74, 6) is -0.422. The van der Waals surface area contributed by atoms with E-state index in [2.05, 4.69) is 5.32 Å². The predicted molar refractivity (Wildman–Crippen MR) is 82.5 cm³/mol. The summed E-state index contributed by atoms with van der Waals surface area (Å²) in [6.45, 7) is 2.37. The van der Waals surface area contributed by atoms with Crippen molar-refractivity contribution in [1.82, 2.24) is 5.32 Å². The topological polar surface area (TPSA) is 72.5 Å². The van der Waals surface area contributed by atoms with Gasteiger partial charge in [-0.2, -0.15) is 0 Å². The first kappa shape index (κ1) is 18.2. The van der Waals surface area contributed by atoms with Gasteiger partial charge in [0, 0.05) is 28.4 Å². The zero-order valence-corrected chi connectivity index (χ0v) is 14.1. The molecular weight excluding hydrogens is 337 g/mol. The maximum Gasteiger partial charge on any atom is 0.261 e. The second-order valence-electron chi connectivity index (χ2n) is 4.53. The molecule has 1 rings (SSSR count). The number of carbonyl (C=O) groups is 1. The Labute approximate surface area is 134 Å². The van der Waals surface area contributed by atoms with E-state index in [9.17, 15) is 13.2 Å². The first-order valence-corrected chi connectivity index (χ1v) is 9.01. The van der Waals surface area contributed by atoms with Gasteiger partial charge in [0.05, 0.1) is 17.5 Å². The molecule has 1 aromatic rings. The van der Waals surface area contributed by atoms with Crippen LogP contribution in [0.2, 0.25) is 5.02 Å². The van der Waals surface area contributed by atoms with Crippen LogP contribution in [0.1, 0.15) is 30.1 Å². The third kappa shape index (κ3) is 5.82. The zero-order valence-electron chi connectivity index (χ0n) is 11.7. The van der Waals surface area contributed by atoms with Gasteiger partial charge in [0.1, 0.15) is 0 Å². The van der Waals surface area contributed by atoms with Gasteiger partial charge in [0.2, 0.25) is 0 Å². The van der Waals surface area contributed by atoms with E-state index in [1.54, 1.807) is 7.11 Å². The van der Waals surface area contributed by atoms with E-state index in [0.717, 1.165) is 12.8 Å². The van der Waals surface area contributed by atoms with Gasteiger partial charge in [-0.3, -0.25) is 4.79 Å². The molecule has 1 aromatic carbocycles. The molecule has 21 heavy (non-hydrogen) atoms. The molecule has 1 atom stereocenters. The van der Waals surface area contributed by atoms with Gasteiger partial charge >= 0.3 is 0 Å². The maximum absolute atomic E-state index is 12.2. The highest BCUT2D eigenvalue weighted by Gasteiger charge is 2.17. The van der Waals surface area contributed by atoms with Crippen molar-refractivity contribution in [2.45, 2.75) is 30.7 Å². The highest BCUT2D eigenvalue weighted by atomic mass is 35.7. The highest BCUT2D eigenvalue weighted by Crippen LogP contribution is 2.22. The summed E-state index contributed by atoms with van der Waals surface area (Å²) in [7, 11) is 2.88. The number of ether oxygens (including phenoxy) is 1. The number of methoxy groups -OCH3 is 1. The highest BCUT2D eigenvalue weighted by molar-refractivity contribution is 8.13. The Bertz CT molecular complexity index is 598. The van der Waals surface area contributed by atoms with Crippen molar-refractivity contribution in [1.29, 1.82) is 0 Å². The molecule has 0 bridgehead atoms. The van der Waals surface area contributed by atoms with Crippen LogP contribution >= 0.6 is 22.3 Å². The fourth-order valence-corrected chi connectivity index (χ4v) is 2.95. The van der Waals surface area contributed by atoms with Crippen molar-refractivity contribution >= 4 is 37.2 Å². The number of rotatable bonds is 7. The van der Waals surface area contributed by atoms with Crippen molar-refractivity contribution in [3.8, 4) is 0 Å². The van der Waals surface area contributed by atoms with E-state index >= 15 is 0 Å². The van der Waals surface area contributed by atoms with Gasteiger partial charge in [-0.25, -0.2) is 8.42 Å². The second-order valence-corrected chi connectivity index (χ2v) is 7.53. The molecular formula is C13H17Cl2NO4S. The molecule has 0 fully saturated rings. The van der Waals surface area contributed by atoms with Crippen molar-refractivity contribution < 1.29 is 17.9 Å². The van der Waals surface area contributed by atoms with Crippen molar-refractivity contribution in [3.05, 3.63) is 28.8 Å². The molecule has 0 saturated carbocycles. The minimum atomic E-state index is -3.95. The van der Waals surface area contributed by atoms with Gasteiger partial charge in [-0.05, 0) is 24.6 Å². The normalized spacial score (nSPS) is 13.0. The Hall–Kier alpha value is -0.820. The minimum absolute atomic E-state index is 0.126. The molecule has 0 aliphatic rings. The van der Waals surface area contributed by atoms with Crippen LogP contribution in [0.5, 0.6) is 0 Å². The zero-order chi connectivity index (χ0) is 16.0. The SMILES string of the molecule is CCCC(COC)NC(=O)c1cc(Cl)cc(S(=O)(=O)Cl)c1. The van der Waals surface area contributed by atoms with Gasteiger partial charge in [0.25, 0.3) is 15.0 Å². The predicted octanol–water partition coefficient (Wildman–Crippen LogP) is 2.81. The molecule has 0 heterocycles. The van der Waals surface area contributed by atoms with Crippen LogP contribution in [0.15, 0.2) is 23.1 Å². The minimum Gasteiger partial charge on any atom is -0.383 e. The first-order chi connectivity index (χ1) is 9.77. The lowest BCUT2D eigenvalue weighted by Gasteiger charge is -2.17. The van der Waals surface area contributed by atoms with E-state index in [1.165, 1.54) is 18.2 Å². The van der Waals surface area contributed by atoms with Crippen LogP contribution in [0, 0.1) is 0 Å². The van der Waals surface area contributed by atoms with Gasteiger partial charge in [-0.15, -0.1) is 0 Å². The smallest absolute Gasteiger partial charge is 0.261 e. The Kier molecular flexibility index (Phi) is 6.93. The number of benzene rings is 1. The fraction of sp³-hybridized carbons (Fsp3) is 0.462. The van der Waals surface area contributed by atoms with Crippen molar-refractivity contribution in [2.75, 3.05) is 13.7 Å². The Morgan fingerprint density at radius 3 is 2.57 bits per heavy atom. The lowest BCUT2D eigenvalue weighted by Crippen LogP contribution is -2.38. The molecule has 0 aliphatic carbocycles. The maximum atomic E-state index is 12.2. The molecule has 1 unspecified atom stereocenters. The Morgan fingerprint density at radius 1 is 1.38 bits per heavy atom. The molecule has 0 aromatic heterocycles. The van der Waals surface area contributed by atoms with Crippen LogP contribution in [-0.2, 0) is 13.8 Å². The van der Waals surface area contributed by atoms with E-state index in [0.29, 0.717) is 6.61 Å². The standard InChI is InChI=1S/C13H17Cl2NO4S/c1-3-4-11(8-20-2)16-13(17)9-5-10(14)7-12(6-9)21(15,18)19/h5-7,11H,3-4,8H2,1-2H3,(H,16,17). The van der Waals surface area contributed by atoms with Crippen molar-refractivity contribution in [3.63, 3.8) is 0 Å². The molecule has 0 radical (unpaired) electrons. The lowest BCUT2D eigenvalue weighted by atomic mass is 10.1. The van der Waals surface area contributed by atoms with Crippen LogP contribution in [0.4, 0.5) is 0 Å². The molecule has 0 aliphatic heterocycles. The largest absolute Gasteiger partial charge is 0.383 e. The van der Waals surface area contributed by atoms with Crippen LogP contribution < -0.4 is 5.32 Å². The van der Waals surface area contributed by atoms with Gasteiger partial charge in [0.15, 0.2) is 0 Å². The van der Waals surface area contributed by atoms with Crippen LogP contribution in [0.25, 0.3) is 0 Å². The molecule has 5 nitrogen and oxygen atoms in total. The van der Waals surface area contributed by atoms with E-state index in [-0.39, 0.29) is 21.5 Å². The summed E-state index contributed by atoms with van der Waals surface area (Å²) in [6, 6.07) is 3.62. The number of carbonyl (C=O) groups excluding carboxylic acids is 1. The summed E-state index contributed by atoms with van der Waals surface area (Å²) in [4.78, 5) is 12.0. The third-order valence-corrected chi connectivity index (χ3v) is 4.31. The molecule has 1 N–H and O–H groups in total. The average Bonchev–Trinajstić information content (AvgIpc) is 2.37. The lowest BCUT2D eigenvalue weighted by molar-refractivity contribution is 0.0891. The average molecular weight is 354 g/mol. The third-order valence-electron chi connectivity index (χ3n) is 2.76. The van der Waals surface area contributed by atoms with E-state index in [1.807, 2.05) is 6.92 Å². The fourth-order valence-electron chi connectivity index (χ4n) is 1.85. The number of amides is 1. The molecule has 0 saturated heterocycles. The Morgan fingerprint density at radius 2 is 2.05 bits per heavy atom. The van der Waals surface area contributed by atoms with E-state index < -0.39 is 15.0 Å². The summed E-state index contributed by atoms with van der Waals surface area (Å²) in [5, 5.41) is 2.91. The Balaban J connectivity index is 2.99. The quantitative estimate of drug-likeness (QED) is 0.765. The van der Waals surface area contributed by atoms with Gasteiger partial charge < -0.3 is 10.1 Å². The van der Waals surface area contributed by atoms with E-state index in [4.69, 9.17) is 27.0 Å². The number of halogens is 2. The number of hydrogen-bond donors (Lipinski definition) is 1. The van der Waals surface area contributed by atoms with Crippen LogP contribution in [0.3, 0.4) is 0 Å². The molecule has 1 amide bonds. The van der Waals surface area contributed by atoms with Crippen LogP contribution in [-0.4, -0.2) is 34.1 Å². The summed E-state index contributed by atoms with van der Waals surface area (Å²) >= 11 is 5.83. The second kappa shape index (κ2) is 7.98. The summed E-state index contributed by atoms with van der Waals surface area (Å²) < 4.78 is 27.7. The molecule has 8 heteroatoms. The molecule has 118 valence electrons. The first-order valence-electron chi connectivity index (χ1n) is 6.33. The number of hydrogen-bond acceptors (Lipinski definition) is 4. The molecule has 0 spiro atoms. The number of nitrogens with one attached hydrogen (secondary N) is 1. The summed E-state index contributed by atoms with van der Waals surface area (Å²) in [5.41, 5.74) is 0.138. The summed E-state index contributed by atoms with van der Waals surface area (Å²) in [6.07, 6.45) is 1.63.